The van der Waals surface area contributed by atoms with Gasteiger partial charge in [0.05, 0.1) is 11.1 Å². The molecule has 23 heavy (non-hydrogen) atoms. The van der Waals surface area contributed by atoms with Crippen molar-refractivity contribution in [2.45, 2.75) is 58.9 Å². The molecule has 0 unspecified atom stereocenters. The van der Waals surface area contributed by atoms with Gasteiger partial charge in [-0.05, 0) is 55.0 Å². The predicted molar refractivity (Wildman–Crippen MR) is 95.3 cm³/mol. The summed E-state index contributed by atoms with van der Waals surface area (Å²) in [6.45, 7) is 7.75. The zero-order valence-electron chi connectivity index (χ0n) is 14.4. The number of fused-ring (bicyclic) bond motifs is 1. The highest BCUT2D eigenvalue weighted by atomic mass is 16.4. The summed E-state index contributed by atoms with van der Waals surface area (Å²) in [6, 6.07) is 4.01. The zero-order chi connectivity index (χ0) is 17.0. The molecule has 0 spiro atoms. The molecule has 2 aromatic rings. The van der Waals surface area contributed by atoms with Crippen molar-refractivity contribution < 1.29 is 9.90 Å². The van der Waals surface area contributed by atoms with Gasteiger partial charge in [-0.15, -0.1) is 0 Å². The summed E-state index contributed by atoms with van der Waals surface area (Å²) in [6.07, 6.45) is 6.22. The first-order chi connectivity index (χ1) is 11.0. The lowest BCUT2D eigenvalue weighted by atomic mass is 9.96. The van der Waals surface area contributed by atoms with Gasteiger partial charge in [0.25, 0.3) is 0 Å². The second-order valence-electron chi connectivity index (χ2n) is 6.52. The summed E-state index contributed by atoms with van der Waals surface area (Å²) >= 11 is 0. The number of aryl methyl sites for hydroxylation is 2. The Morgan fingerprint density at radius 1 is 1.30 bits per heavy atom. The lowest BCUT2D eigenvalue weighted by molar-refractivity contribution is 0.0698. The summed E-state index contributed by atoms with van der Waals surface area (Å²) in [5.41, 5.74) is 9.24. The molecule has 0 amide bonds. The number of nitrogens with two attached hydrogens (primary N) is 1. The number of benzene rings is 1. The second kappa shape index (κ2) is 7.64. The Kier molecular flexibility index (Phi) is 5.83. The summed E-state index contributed by atoms with van der Waals surface area (Å²) in [7, 11) is 0. The summed E-state index contributed by atoms with van der Waals surface area (Å²) in [5.74, 6) is -0.546. The molecule has 2 rings (SSSR count). The number of aromatic carboxylic acids is 1. The number of carboxylic acids is 1. The monoisotopic (exact) mass is 316 g/mol. The number of aromatic nitrogens is 1. The number of rotatable bonds is 8. The van der Waals surface area contributed by atoms with Crippen LogP contribution < -0.4 is 5.73 Å². The van der Waals surface area contributed by atoms with Crippen LogP contribution in [0, 0.1) is 0 Å². The van der Waals surface area contributed by atoms with E-state index in [4.69, 9.17) is 5.73 Å². The van der Waals surface area contributed by atoms with Gasteiger partial charge in [0.1, 0.15) is 0 Å². The predicted octanol–water partition coefficient (Wildman–Crippen LogP) is 4.15. The van der Waals surface area contributed by atoms with Crippen LogP contribution in [0.25, 0.3) is 10.9 Å². The van der Waals surface area contributed by atoms with E-state index in [2.05, 4.69) is 37.6 Å². The maximum atomic E-state index is 11.8. The first-order valence-electron chi connectivity index (χ1n) is 8.58. The zero-order valence-corrected chi connectivity index (χ0v) is 14.4. The summed E-state index contributed by atoms with van der Waals surface area (Å²) in [4.78, 5) is 11.8. The number of unbranched alkanes of at least 4 members (excludes halogenated alkanes) is 1. The molecule has 0 radical (unpaired) electrons. The maximum absolute atomic E-state index is 11.8. The molecule has 0 aliphatic rings. The van der Waals surface area contributed by atoms with Crippen LogP contribution >= 0.6 is 0 Å². The van der Waals surface area contributed by atoms with Crippen LogP contribution in [0.1, 0.15) is 67.4 Å². The average Bonchev–Trinajstić information content (AvgIpc) is 2.87. The van der Waals surface area contributed by atoms with Crippen molar-refractivity contribution in [1.29, 1.82) is 0 Å². The molecule has 0 aliphatic carbocycles. The van der Waals surface area contributed by atoms with Gasteiger partial charge in [-0.25, -0.2) is 4.79 Å². The van der Waals surface area contributed by atoms with Gasteiger partial charge >= 0.3 is 5.97 Å². The summed E-state index contributed by atoms with van der Waals surface area (Å²) in [5, 5.41) is 10.8. The van der Waals surface area contributed by atoms with Crippen molar-refractivity contribution in [3.63, 3.8) is 0 Å². The van der Waals surface area contributed by atoms with E-state index in [-0.39, 0.29) is 0 Å². The smallest absolute Gasteiger partial charge is 0.337 e. The van der Waals surface area contributed by atoms with E-state index in [0.717, 1.165) is 48.7 Å². The normalized spacial score (nSPS) is 11.5. The van der Waals surface area contributed by atoms with Gasteiger partial charge < -0.3 is 15.4 Å². The Hall–Kier alpha value is -1.81. The summed E-state index contributed by atoms with van der Waals surface area (Å²) < 4.78 is 2.08. The van der Waals surface area contributed by atoms with Crippen molar-refractivity contribution in [3.05, 3.63) is 35.0 Å². The van der Waals surface area contributed by atoms with Crippen LogP contribution in [0.15, 0.2) is 18.3 Å². The van der Waals surface area contributed by atoms with E-state index in [1.54, 1.807) is 0 Å². The van der Waals surface area contributed by atoms with Crippen molar-refractivity contribution in [1.82, 2.24) is 4.57 Å². The molecule has 0 atom stereocenters. The van der Waals surface area contributed by atoms with E-state index in [9.17, 15) is 9.90 Å². The molecular weight excluding hydrogens is 288 g/mol. The van der Waals surface area contributed by atoms with E-state index in [0.29, 0.717) is 18.0 Å². The van der Waals surface area contributed by atoms with Gasteiger partial charge in [-0.2, -0.15) is 0 Å². The number of carboxylic acid groups (broad SMARTS) is 1. The van der Waals surface area contributed by atoms with Crippen LogP contribution in [0.4, 0.5) is 0 Å². The highest BCUT2D eigenvalue weighted by Crippen LogP contribution is 2.31. The largest absolute Gasteiger partial charge is 0.478 e. The topological polar surface area (TPSA) is 68.2 Å². The van der Waals surface area contributed by atoms with Crippen molar-refractivity contribution in [3.8, 4) is 0 Å². The minimum absolute atomic E-state index is 0.309. The first-order valence-corrected chi connectivity index (χ1v) is 8.58. The number of hydrogen-bond donors (Lipinski definition) is 2. The van der Waals surface area contributed by atoms with Crippen LogP contribution in [0.2, 0.25) is 0 Å². The molecule has 0 bridgehead atoms. The number of nitrogens with zero attached hydrogens (tertiary/aromatic N) is 1. The van der Waals surface area contributed by atoms with Crippen molar-refractivity contribution in [2.75, 3.05) is 6.54 Å². The minimum Gasteiger partial charge on any atom is -0.478 e. The SMILES string of the molecule is CCCCc1cn(CCCN)c2c(C(=O)O)cc(C(C)C)cc12. The molecule has 126 valence electrons. The minimum atomic E-state index is -0.855. The Morgan fingerprint density at radius 2 is 2.04 bits per heavy atom. The molecule has 4 nitrogen and oxygen atoms in total. The van der Waals surface area contributed by atoms with Crippen LogP contribution in [0.5, 0.6) is 0 Å². The molecule has 1 aromatic carbocycles. The third-order valence-electron chi connectivity index (χ3n) is 4.38. The Balaban J connectivity index is 2.68. The highest BCUT2D eigenvalue weighted by molar-refractivity contribution is 6.04. The number of carbonyl (C=O) groups is 1. The Bertz CT molecular complexity index is 686. The molecule has 1 heterocycles. The quantitative estimate of drug-likeness (QED) is 0.768. The third kappa shape index (κ3) is 3.75. The molecular formula is C19H28N2O2. The van der Waals surface area contributed by atoms with Gasteiger partial charge in [-0.3, -0.25) is 0 Å². The molecule has 0 saturated carbocycles. The van der Waals surface area contributed by atoms with Gasteiger partial charge in [-0.1, -0.05) is 27.2 Å². The fraction of sp³-hybridized carbons (Fsp3) is 0.526. The van der Waals surface area contributed by atoms with Gasteiger partial charge in [0.15, 0.2) is 0 Å². The Labute approximate surface area is 138 Å². The van der Waals surface area contributed by atoms with E-state index in [1.165, 1.54) is 5.56 Å². The molecule has 1 aromatic heterocycles. The average molecular weight is 316 g/mol. The lowest BCUT2D eigenvalue weighted by Crippen LogP contribution is -2.08. The van der Waals surface area contributed by atoms with Crippen molar-refractivity contribution >= 4 is 16.9 Å². The fourth-order valence-electron chi connectivity index (χ4n) is 3.03. The molecule has 0 saturated heterocycles. The highest BCUT2D eigenvalue weighted by Gasteiger charge is 2.18. The number of hydrogen-bond acceptors (Lipinski definition) is 2. The van der Waals surface area contributed by atoms with Gasteiger partial charge in [0.2, 0.25) is 0 Å². The standard InChI is InChI=1S/C19H28N2O2/c1-4-5-7-14-12-21(9-6-8-20)18-16(14)10-15(13(2)3)11-17(18)19(22)23/h10-13H,4-9,20H2,1-3H3,(H,22,23). The maximum Gasteiger partial charge on any atom is 0.337 e. The van der Waals surface area contributed by atoms with Crippen LogP contribution in [0.3, 0.4) is 0 Å². The first kappa shape index (κ1) is 17.5. The fourth-order valence-corrected chi connectivity index (χ4v) is 3.03. The van der Waals surface area contributed by atoms with Crippen LogP contribution in [-0.2, 0) is 13.0 Å². The molecule has 0 fully saturated rings. The lowest BCUT2D eigenvalue weighted by Gasteiger charge is -2.11. The van der Waals surface area contributed by atoms with Crippen molar-refractivity contribution in [2.24, 2.45) is 5.73 Å². The molecule has 0 aliphatic heterocycles. The Morgan fingerprint density at radius 3 is 2.61 bits per heavy atom. The van der Waals surface area contributed by atoms with E-state index < -0.39 is 5.97 Å². The van der Waals surface area contributed by atoms with Crippen LogP contribution in [-0.4, -0.2) is 22.2 Å². The van der Waals surface area contributed by atoms with Gasteiger partial charge in [0, 0.05) is 18.1 Å². The van der Waals surface area contributed by atoms with E-state index in [1.807, 2.05) is 6.07 Å². The van der Waals surface area contributed by atoms with E-state index >= 15 is 0 Å². The second-order valence-corrected chi connectivity index (χ2v) is 6.52. The third-order valence-corrected chi connectivity index (χ3v) is 4.38. The molecule has 3 N–H and O–H groups in total. The molecule has 4 heteroatoms.